The molecule has 0 aliphatic rings. The summed E-state index contributed by atoms with van der Waals surface area (Å²) < 4.78 is 61.0. The molecule has 18 heteroatoms. The Balaban J connectivity index is 4.49. The number of hydrogen-bond acceptors (Lipinski definition) is 14. The van der Waals surface area contributed by atoms with Gasteiger partial charge in [-0.1, -0.05) is 278 Å². The van der Waals surface area contributed by atoms with Gasteiger partial charge in [0.05, 0.1) is 26.4 Å². The summed E-state index contributed by atoms with van der Waals surface area (Å²) in [5, 5.41) is 20.6. The van der Waals surface area contributed by atoms with Crippen LogP contribution < -0.4 is 0 Å². The maximum atomic E-state index is 12.9. The number of allylic oxidation sites excluding steroid dienone is 18. The number of carbonyl (C=O) groups is 3. The number of unbranched alkanes of at least 4 members (excludes halogenated alkanes) is 31. The summed E-state index contributed by atoms with van der Waals surface area (Å²) in [5.74, 6) is -1.60. The van der Waals surface area contributed by atoms with Gasteiger partial charge in [0.25, 0.3) is 0 Å². The summed E-state index contributed by atoms with van der Waals surface area (Å²) in [7, 11) is -9.79. The largest absolute Gasteiger partial charge is 0.472 e. The Morgan fingerprint density at radius 1 is 0.289 bits per heavy atom. The van der Waals surface area contributed by atoms with Crippen LogP contribution >= 0.6 is 15.6 Å². The molecular weight excluding hydrogens is 1270 g/mol. The third-order valence-electron chi connectivity index (χ3n) is 15.9. The molecule has 0 amide bonds. The van der Waals surface area contributed by atoms with E-state index >= 15 is 0 Å². The van der Waals surface area contributed by atoms with E-state index in [1.54, 1.807) is 0 Å². The third-order valence-corrected chi connectivity index (χ3v) is 17.8. The van der Waals surface area contributed by atoms with Crippen LogP contribution in [0, 0.1) is 0 Å². The van der Waals surface area contributed by atoms with E-state index in [1.807, 2.05) is 0 Å². The maximum Gasteiger partial charge on any atom is 0.472 e. The highest BCUT2D eigenvalue weighted by Crippen LogP contribution is 2.45. The van der Waals surface area contributed by atoms with Crippen molar-refractivity contribution in [2.24, 2.45) is 0 Å². The van der Waals surface area contributed by atoms with Crippen molar-refractivity contribution in [1.82, 2.24) is 0 Å². The molecule has 5 unspecified atom stereocenters. The van der Waals surface area contributed by atoms with Gasteiger partial charge in [-0.05, 0) is 128 Å². The van der Waals surface area contributed by atoms with Gasteiger partial charge in [-0.25, -0.2) is 9.13 Å². The molecule has 0 rings (SSSR count). The van der Waals surface area contributed by atoms with E-state index in [0.717, 1.165) is 154 Å². The Morgan fingerprint density at radius 2 is 0.536 bits per heavy atom. The second-order valence-corrected chi connectivity index (χ2v) is 28.4. The molecule has 0 aliphatic heterocycles. The molecule has 0 aliphatic carbocycles. The van der Waals surface area contributed by atoms with E-state index < -0.39 is 91.5 Å². The molecule has 0 saturated carbocycles. The first-order valence-electron chi connectivity index (χ1n) is 38.2. The quantitative estimate of drug-likeness (QED) is 0.0146. The zero-order valence-electron chi connectivity index (χ0n) is 61.0. The van der Waals surface area contributed by atoms with E-state index in [4.69, 9.17) is 32.3 Å². The smallest absolute Gasteiger partial charge is 0.463 e. The predicted octanol–water partition coefficient (Wildman–Crippen LogP) is 22.0. The number of phosphoric acid groups is 2. The molecule has 0 aromatic heterocycles. The Labute approximate surface area is 590 Å². The van der Waals surface area contributed by atoms with Crippen molar-refractivity contribution in [2.75, 3.05) is 39.6 Å². The summed E-state index contributed by atoms with van der Waals surface area (Å²) >= 11 is 0. The molecule has 0 aromatic rings. The molecule has 0 radical (unpaired) electrons. The number of carbonyl (C=O) groups excluding carboxylic acids is 3. The molecule has 0 fully saturated rings. The van der Waals surface area contributed by atoms with Gasteiger partial charge in [0.1, 0.15) is 25.4 Å². The normalized spacial score (nSPS) is 14.7. The van der Waals surface area contributed by atoms with Crippen LogP contribution in [0.25, 0.3) is 0 Å². The first-order chi connectivity index (χ1) is 47.2. The van der Waals surface area contributed by atoms with E-state index in [2.05, 4.69) is 130 Å². The molecule has 0 aromatic carbocycles. The summed E-state index contributed by atoms with van der Waals surface area (Å²) in [6, 6.07) is 0. The van der Waals surface area contributed by atoms with Crippen molar-refractivity contribution in [1.29, 1.82) is 0 Å². The van der Waals surface area contributed by atoms with Crippen LogP contribution in [0.3, 0.4) is 0 Å². The van der Waals surface area contributed by atoms with Gasteiger partial charge in [0.2, 0.25) is 0 Å². The number of hydrogen-bond donors (Lipinski definition) is 4. The molecule has 97 heavy (non-hydrogen) atoms. The first-order valence-corrected chi connectivity index (χ1v) is 41.2. The molecule has 0 saturated heterocycles. The minimum absolute atomic E-state index is 0.0843. The fourth-order valence-electron chi connectivity index (χ4n) is 10.1. The second-order valence-electron chi connectivity index (χ2n) is 25.4. The molecule has 4 N–H and O–H groups in total. The number of rotatable bonds is 72. The molecule has 0 bridgehead atoms. The zero-order valence-corrected chi connectivity index (χ0v) is 62.8. The van der Waals surface area contributed by atoms with Gasteiger partial charge in [-0.2, -0.15) is 0 Å². The Hall–Kier alpha value is -3.79. The third kappa shape index (κ3) is 73.3. The minimum atomic E-state index is -4.93. The molecule has 560 valence electrons. The van der Waals surface area contributed by atoms with E-state index in [0.29, 0.717) is 19.3 Å². The van der Waals surface area contributed by atoms with Crippen LogP contribution in [0.15, 0.2) is 109 Å². The second kappa shape index (κ2) is 72.0. The van der Waals surface area contributed by atoms with Crippen LogP contribution in [0.2, 0.25) is 0 Å². The van der Waals surface area contributed by atoms with Crippen molar-refractivity contribution in [2.45, 2.75) is 334 Å². The van der Waals surface area contributed by atoms with Crippen molar-refractivity contribution in [3.63, 3.8) is 0 Å². The number of phosphoric ester groups is 2. The summed E-state index contributed by atoms with van der Waals surface area (Å²) in [5.41, 5.74) is 0. The van der Waals surface area contributed by atoms with Gasteiger partial charge in [-0.3, -0.25) is 32.5 Å². The lowest BCUT2D eigenvalue weighted by Crippen LogP contribution is -2.30. The average Bonchev–Trinajstić information content (AvgIpc) is 3.75. The van der Waals surface area contributed by atoms with Gasteiger partial charge < -0.3 is 34.2 Å². The lowest BCUT2D eigenvalue weighted by Gasteiger charge is -2.21. The van der Waals surface area contributed by atoms with Crippen molar-refractivity contribution in [3.8, 4) is 0 Å². The zero-order chi connectivity index (χ0) is 70.9. The van der Waals surface area contributed by atoms with E-state index in [1.165, 1.54) is 103 Å². The fraction of sp³-hybridized carbons (Fsp3) is 0.734. The Kier molecular flexibility index (Phi) is 69.2. The summed E-state index contributed by atoms with van der Waals surface area (Å²) in [4.78, 5) is 58.5. The highest BCUT2D eigenvalue weighted by atomic mass is 31.2. The molecule has 0 spiro atoms. The molecular formula is C79H138O16P2. The molecule has 16 nitrogen and oxygen atoms in total. The van der Waals surface area contributed by atoms with Crippen molar-refractivity contribution >= 4 is 33.6 Å². The lowest BCUT2D eigenvalue weighted by molar-refractivity contribution is -0.161. The average molecular weight is 1410 g/mol. The highest BCUT2D eigenvalue weighted by Gasteiger charge is 2.29. The molecule has 0 heterocycles. The van der Waals surface area contributed by atoms with Gasteiger partial charge in [0, 0.05) is 19.3 Å². The highest BCUT2D eigenvalue weighted by molar-refractivity contribution is 7.47. The Morgan fingerprint density at radius 3 is 0.856 bits per heavy atom. The number of ether oxygens (including phenoxy) is 3. The van der Waals surface area contributed by atoms with Gasteiger partial charge in [0.15, 0.2) is 6.10 Å². The van der Waals surface area contributed by atoms with Crippen LogP contribution in [0.1, 0.15) is 316 Å². The summed E-state index contributed by atoms with van der Waals surface area (Å²) in [6.45, 7) is 2.54. The maximum absolute atomic E-state index is 12.9. The monoisotopic (exact) mass is 1400 g/mol. The minimum Gasteiger partial charge on any atom is -0.463 e. The topological polar surface area (TPSA) is 231 Å². The standard InChI is InChI=1S/C79H138O16P2/c1-4-7-10-13-16-19-22-25-27-29-31-32-33-34-35-36-37-38-39-40-42-44-45-48-50-53-56-59-62-65-77(82)89-68-74(80)69-91-96(85,86)92-70-75(81)71-93-97(87,88)94-73-76(95-79(84)67-64-61-58-55-52-47-24-21-18-15-12-9-6-3)72-90-78(83)66-63-60-57-54-51-49-46-43-41-30-28-26-23-20-17-14-11-8-5-2/h12,15-17,19-21,24-28,31-32,34-35,41,43,74-76,80-81H,4-11,13-14,18,22-23,29-30,33,36-40,42,44-73H2,1-3H3,(H,85,86)(H,87,88)/b15-12-,19-16-,20-17-,24-21-,27-25-,28-26-,32-31-,35-34-,43-41-. The Bertz CT molecular complexity index is 2200. The number of aliphatic hydroxyl groups is 2. The van der Waals surface area contributed by atoms with Gasteiger partial charge >= 0.3 is 33.6 Å². The fourth-order valence-corrected chi connectivity index (χ4v) is 11.7. The number of aliphatic hydroxyl groups excluding tert-OH is 2. The van der Waals surface area contributed by atoms with E-state index in [-0.39, 0.29) is 19.3 Å². The SMILES string of the molecule is CCC/C=C\C/C=C\CCCCCCCC(=O)OC(COC(=O)CCCCCCCC/C=C\C/C=C\C/C=C\CCCCC)COP(=O)(O)OCC(O)COP(=O)(O)OCC(O)COC(=O)CCCCCCCCCCCCCCC/C=C\C/C=C\C/C=C\C/C=C\CCCCC. The predicted molar refractivity (Wildman–Crippen MR) is 399 cm³/mol. The van der Waals surface area contributed by atoms with E-state index in [9.17, 15) is 43.5 Å². The lowest BCUT2D eigenvalue weighted by atomic mass is 10.0. The van der Waals surface area contributed by atoms with Crippen LogP contribution in [0.5, 0.6) is 0 Å². The van der Waals surface area contributed by atoms with Gasteiger partial charge in [-0.15, -0.1) is 0 Å². The van der Waals surface area contributed by atoms with Crippen molar-refractivity contribution < 1.29 is 75.8 Å². The molecule has 5 atom stereocenters. The van der Waals surface area contributed by atoms with Crippen molar-refractivity contribution in [3.05, 3.63) is 109 Å². The number of esters is 3. The van der Waals surface area contributed by atoms with Crippen LogP contribution in [-0.2, 0) is 55.8 Å². The first kappa shape index (κ1) is 93.2. The summed E-state index contributed by atoms with van der Waals surface area (Å²) in [6.07, 6.45) is 82.9. The van der Waals surface area contributed by atoms with Crippen LogP contribution in [-0.4, -0.2) is 95.9 Å². The van der Waals surface area contributed by atoms with Crippen LogP contribution in [0.4, 0.5) is 0 Å².